The summed E-state index contributed by atoms with van der Waals surface area (Å²) in [5, 5.41) is 8.94. The lowest BCUT2D eigenvalue weighted by molar-refractivity contribution is -0.144. The van der Waals surface area contributed by atoms with Gasteiger partial charge in [0.25, 0.3) is 5.91 Å². The number of carbonyl (C=O) groups is 2. The molecule has 6 heteroatoms. The van der Waals surface area contributed by atoms with Crippen LogP contribution in [0.15, 0.2) is 0 Å². The van der Waals surface area contributed by atoms with E-state index in [4.69, 9.17) is 15.6 Å². The summed E-state index contributed by atoms with van der Waals surface area (Å²) < 4.78 is 5.28. The zero-order valence-corrected chi connectivity index (χ0v) is 9.02. The van der Waals surface area contributed by atoms with E-state index >= 15 is 0 Å². The molecule has 2 aliphatic heterocycles. The lowest BCUT2D eigenvalue weighted by Gasteiger charge is -2.22. The van der Waals surface area contributed by atoms with E-state index in [-0.39, 0.29) is 12.5 Å². The van der Waals surface area contributed by atoms with Gasteiger partial charge in [-0.2, -0.15) is 0 Å². The maximum Gasteiger partial charge on any atom is 0.325 e. The van der Waals surface area contributed by atoms with E-state index < -0.39 is 17.6 Å². The molecule has 16 heavy (non-hydrogen) atoms. The molecule has 2 atom stereocenters. The van der Waals surface area contributed by atoms with Crippen LogP contribution in [0, 0.1) is 0 Å². The lowest BCUT2D eigenvalue weighted by Crippen LogP contribution is -2.51. The van der Waals surface area contributed by atoms with Gasteiger partial charge in [0, 0.05) is 19.7 Å². The SMILES string of the molecule is NC1(C(=O)O)CCN(C(=O)[C@H]2CCCO2)C1. The van der Waals surface area contributed by atoms with Crippen molar-refractivity contribution in [3.05, 3.63) is 0 Å². The molecule has 0 spiro atoms. The standard InChI is InChI=1S/C10H16N2O4/c11-10(9(14)15)3-4-12(6-10)8(13)7-2-1-5-16-7/h7H,1-6,11H2,(H,14,15)/t7-,10?/m1/s1. The van der Waals surface area contributed by atoms with Gasteiger partial charge in [-0.3, -0.25) is 9.59 Å². The summed E-state index contributed by atoms with van der Waals surface area (Å²) in [6.45, 7) is 1.10. The van der Waals surface area contributed by atoms with Crippen LogP contribution in [-0.2, 0) is 14.3 Å². The van der Waals surface area contributed by atoms with E-state index in [1.54, 1.807) is 0 Å². The minimum atomic E-state index is -1.28. The van der Waals surface area contributed by atoms with Gasteiger partial charge in [0.1, 0.15) is 11.6 Å². The Labute approximate surface area is 93.3 Å². The Balaban J connectivity index is 1.97. The van der Waals surface area contributed by atoms with Gasteiger partial charge in [-0.05, 0) is 19.3 Å². The van der Waals surface area contributed by atoms with E-state index in [1.165, 1.54) is 4.90 Å². The number of rotatable bonds is 2. The van der Waals surface area contributed by atoms with E-state index in [9.17, 15) is 9.59 Å². The quantitative estimate of drug-likeness (QED) is 0.644. The van der Waals surface area contributed by atoms with E-state index in [0.29, 0.717) is 19.6 Å². The highest BCUT2D eigenvalue weighted by molar-refractivity contribution is 5.85. The topological polar surface area (TPSA) is 92.9 Å². The minimum absolute atomic E-state index is 0.0844. The Bertz CT molecular complexity index is 314. The minimum Gasteiger partial charge on any atom is -0.480 e. The Morgan fingerprint density at radius 2 is 2.25 bits per heavy atom. The zero-order valence-electron chi connectivity index (χ0n) is 9.02. The average Bonchev–Trinajstić information content (AvgIpc) is 2.85. The first-order valence-corrected chi connectivity index (χ1v) is 5.46. The molecular weight excluding hydrogens is 212 g/mol. The molecule has 90 valence electrons. The van der Waals surface area contributed by atoms with Crippen molar-refractivity contribution in [2.75, 3.05) is 19.7 Å². The van der Waals surface area contributed by atoms with E-state index in [2.05, 4.69) is 0 Å². The number of carbonyl (C=O) groups excluding carboxylic acids is 1. The zero-order chi connectivity index (χ0) is 11.8. The number of aliphatic carboxylic acids is 1. The van der Waals surface area contributed by atoms with Crippen LogP contribution in [-0.4, -0.2) is 53.2 Å². The van der Waals surface area contributed by atoms with Crippen molar-refractivity contribution in [1.82, 2.24) is 4.90 Å². The second-order valence-corrected chi connectivity index (χ2v) is 4.47. The molecule has 2 rings (SSSR count). The predicted octanol–water partition coefficient (Wildman–Crippen LogP) is -0.820. The van der Waals surface area contributed by atoms with Crippen molar-refractivity contribution >= 4 is 11.9 Å². The Kier molecular flexibility index (Phi) is 2.86. The van der Waals surface area contributed by atoms with Crippen molar-refractivity contribution in [1.29, 1.82) is 0 Å². The van der Waals surface area contributed by atoms with E-state index in [0.717, 1.165) is 12.8 Å². The molecule has 0 saturated carbocycles. The van der Waals surface area contributed by atoms with Crippen LogP contribution in [0.4, 0.5) is 0 Å². The summed E-state index contributed by atoms with van der Waals surface area (Å²) in [5.74, 6) is -1.17. The highest BCUT2D eigenvalue weighted by Crippen LogP contribution is 2.22. The fourth-order valence-electron chi connectivity index (χ4n) is 2.17. The highest BCUT2D eigenvalue weighted by Gasteiger charge is 2.44. The number of amides is 1. The monoisotopic (exact) mass is 228 g/mol. The van der Waals surface area contributed by atoms with Crippen molar-refractivity contribution in [3.63, 3.8) is 0 Å². The second kappa shape index (κ2) is 4.03. The van der Waals surface area contributed by atoms with Gasteiger partial charge >= 0.3 is 5.97 Å². The molecule has 3 N–H and O–H groups in total. The van der Waals surface area contributed by atoms with Crippen LogP contribution in [0.3, 0.4) is 0 Å². The number of ether oxygens (including phenoxy) is 1. The summed E-state index contributed by atoms with van der Waals surface area (Å²) in [4.78, 5) is 24.3. The number of carboxylic acid groups (broad SMARTS) is 1. The molecule has 0 aromatic carbocycles. The molecule has 2 heterocycles. The summed E-state index contributed by atoms with van der Waals surface area (Å²) in [6, 6.07) is 0. The molecule has 0 radical (unpaired) electrons. The first-order chi connectivity index (χ1) is 7.53. The molecule has 0 aromatic rings. The summed E-state index contributed by atoms with van der Waals surface area (Å²) in [5.41, 5.74) is 4.41. The average molecular weight is 228 g/mol. The molecule has 6 nitrogen and oxygen atoms in total. The summed E-state index contributed by atoms with van der Waals surface area (Å²) >= 11 is 0. The fourth-order valence-corrected chi connectivity index (χ4v) is 2.17. The Hall–Kier alpha value is -1.14. The van der Waals surface area contributed by atoms with Gasteiger partial charge in [-0.15, -0.1) is 0 Å². The van der Waals surface area contributed by atoms with Crippen LogP contribution in [0.25, 0.3) is 0 Å². The van der Waals surface area contributed by atoms with Gasteiger partial charge < -0.3 is 20.5 Å². The van der Waals surface area contributed by atoms with Crippen molar-refractivity contribution < 1.29 is 19.4 Å². The third kappa shape index (κ3) is 1.90. The Morgan fingerprint density at radius 3 is 2.75 bits per heavy atom. The molecule has 2 aliphatic rings. The van der Waals surface area contributed by atoms with E-state index in [1.807, 2.05) is 0 Å². The number of hydrogen-bond donors (Lipinski definition) is 2. The molecule has 1 amide bonds. The van der Waals surface area contributed by atoms with Gasteiger partial charge in [0.05, 0.1) is 0 Å². The largest absolute Gasteiger partial charge is 0.480 e. The maximum atomic E-state index is 11.9. The van der Waals surface area contributed by atoms with Crippen LogP contribution in [0.2, 0.25) is 0 Å². The number of likely N-dealkylation sites (tertiary alicyclic amines) is 1. The van der Waals surface area contributed by atoms with Gasteiger partial charge in [0.2, 0.25) is 0 Å². The third-order valence-electron chi connectivity index (χ3n) is 3.24. The smallest absolute Gasteiger partial charge is 0.325 e. The number of nitrogens with zero attached hydrogens (tertiary/aromatic N) is 1. The Morgan fingerprint density at radius 1 is 1.50 bits per heavy atom. The molecule has 0 aliphatic carbocycles. The first-order valence-electron chi connectivity index (χ1n) is 5.46. The number of hydrogen-bond acceptors (Lipinski definition) is 4. The van der Waals surface area contributed by atoms with Crippen molar-refractivity contribution in [2.24, 2.45) is 5.73 Å². The molecule has 0 aromatic heterocycles. The molecule has 2 fully saturated rings. The van der Waals surface area contributed by atoms with Crippen molar-refractivity contribution in [3.8, 4) is 0 Å². The number of nitrogens with two attached hydrogens (primary N) is 1. The normalized spacial score (nSPS) is 34.3. The van der Waals surface area contributed by atoms with Gasteiger partial charge in [-0.25, -0.2) is 0 Å². The lowest BCUT2D eigenvalue weighted by atomic mass is 10.0. The number of carboxylic acids is 1. The highest BCUT2D eigenvalue weighted by atomic mass is 16.5. The van der Waals surface area contributed by atoms with Gasteiger partial charge in [0.15, 0.2) is 0 Å². The van der Waals surface area contributed by atoms with Gasteiger partial charge in [-0.1, -0.05) is 0 Å². The van der Waals surface area contributed by atoms with Crippen molar-refractivity contribution in [2.45, 2.75) is 30.9 Å². The third-order valence-corrected chi connectivity index (χ3v) is 3.24. The fraction of sp³-hybridized carbons (Fsp3) is 0.800. The molecule has 1 unspecified atom stereocenters. The predicted molar refractivity (Wildman–Crippen MR) is 54.7 cm³/mol. The van der Waals surface area contributed by atoms with Crippen LogP contribution < -0.4 is 5.73 Å². The van der Waals surface area contributed by atoms with Crippen LogP contribution >= 0.6 is 0 Å². The second-order valence-electron chi connectivity index (χ2n) is 4.47. The first kappa shape index (κ1) is 11.3. The molecule has 0 bridgehead atoms. The van der Waals surface area contributed by atoms with Crippen LogP contribution in [0.1, 0.15) is 19.3 Å². The summed E-state index contributed by atoms with van der Waals surface area (Å²) in [7, 11) is 0. The van der Waals surface area contributed by atoms with Crippen LogP contribution in [0.5, 0.6) is 0 Å². The molecular formula is C10H16N2O4. The maximum absolute atomic E-state index is 11.9. The summed E-state index contributed by atoms with van der Waals surface area (Å²) in [6.07, 6.45) is 1.52. The molecule has 2 saturated heterocycles.